The van der Waals surface area contributed by atoms with E-state index in [1.807, 2.05) is 38.1 Å². The fourth-order valence-corrected chi connectivity index (χ4v) is 11.8. The number of hydrogen-bond donors (Lipinski definition) is 5. The molecule has 1 aliphatic carbocycles. The first-order valence-corrected chi connectivity index (χ1v) is 27.7. The first-order valence-electron chi connectivity index (χ1n) is 27.7. The Balaban J connectivity index is 0.875. The molecule has 82 heavy (non-hydrogen) atoms. The number of nitrogens with two attached hydrogens (primary N) is 2. The van der Waals surface area contributed by atoms with Gasteiger partial charge in [-0.1, -0.05) is 73.5 Å². The summed E-state index contributed by atoms with van der Waals surface area (Å²) in [6, 6.07) is 18.3. The predicted octanol–water partition coefficient (Wildman–Crippen LogP) is 7.25. The van der Waals surface area contributed by atoms with Crippen LogP contribution in [0.5, 0.6) is 11.8 Å². The highest BCUT2D eigenvalue weighted by Gasteiger charge is 2.42. The Kier molecular flexibility index (Phi) is 15.4. The van der Waals surface area contributed by atoms with E-state index in [0.29, 0.717) is 87.2 Å². The average Bonchev–Trinajstić information content (AvgIpc) is 2.24. The smallest absolute Gasteiger partial charge is 0.319 e. The molecule has 11 rings (SSSR count). The Hall–Kier alpha value is -8.80. The Morgan fingerprint density at radius 1 is 1.02 bits per heavy atom. The van der Waals surface area contributed by atoms with Gasteiger partial charge in [-0.05, 0) is 98.2 Å². The third-order valence-electron chi connectivity index (χ3n) is 16.2. The van der Waals surface area contributed by atoms with E-state index in [1.165, 1.54) is 25.6 Å². The molecule has 1 saturated carbocycles. The third kappa shape index (κ3) is 10.6. The zero-order valence-electron chi connectivity index (χ0n) is 46.3. The highest BCUT2D eigenvalue weighted by atomic mass is 19.1. The van der Waals surface area contributed by atoms with E-state index in [4.69, 9.17) is 41.7 Å². The number of fused-ring (bicyclic) bond motifs is 3. The molecule has 3 saturated heterocycles. The van der Waals surface area contributed by atoms with Gasteiger partial charge in [0, 0.05) is 83.9 Å². The van der Waals surface area contributed by atoms with E-state index in [1.54, 1.807) is 60.0 Å². The monoisotopic (exact) mass is 1110 g/mol. The summed E-state index contributed by atoms with van der Waals surface area (Å²) in [5, 5.41) is 32.7. The molecular weight excluding hydrogens is 1050 g/mol. The molecular formula is C62H65F2N12O6+. The van der Waals surface area contributed by atoms with Gasteiger partial charge in [0.15, 0.2) is 18.1 Å². The van der Waals surface area contributed by atoms with Crippen LogP contribution < -0.4 is 36.2 Å². The second-order valence-corrected chi connectivity index (χ2v) is 21.9. The second kappa shape index (κ2) is 23.0. The van der Waals surface area contributed by atoms with Gasteiger partial charge in [-0.2, -0.15) is 9.97 Å². The minimum Gasteiger partial charge on any atom is -0.513 e. The van der Waals surface area contributed by atoms with E-state index in [9.17, 15) is 19.1 Å². The molecule has 4 aliphatic rings. The molecule has 3 aromatic heterocycles. The molecule has 7 aromatic rings. The Labute approximate surface area is 473 Å². The number of pyridine rings is 1. The van der Waals surface area contributed by atoms with Crippen LogP contribution in [0.2, 0.25) is 0 Å². The number of nitrogen functional groups attached to an aromatic ring is 1. The van der Waals surface area contributed by atoms with E-state index in [2.05, 4.69) is 42.8 Å². The average molecular weight is 1110 g/mol. The molecule has 0 spiro atoms. The number of aromatic nitrogens is 6. The van der Waals surface area contributed by atoms with Gasteiger partial charge in [0.25, 0.3) is 0 Å². The van der Waals surface area contributed by atoms with Crippen LogP contribution in [0, 0.1) is 36.8 Å². The number of nitrogens with zero attached hydrogens (tertiary/aromatic N) is 8. The highest BCUT2D eigenvalue weighted by Crippen LogP contribution is 2.53. The first kappa shape index (κ1) is 55.1. The summed E-state index contributed by atoms with van der Waals surface area (Å²) in [6.45, 7) is 9.28. The van der Waals surface area contributed by atoms with Gasteiger partial charge in [-0.15, -0.1) is 11.5 Å². The maximum atomic E-state index is 16.0. The highest BCUT2D eigenvalue weighted by molar-refractivity contribution is 6.05. The summed E-state index contributed by atoms with van der Waals surface area (Å²) in [5.41, 5.74) is 13.7. The number of halogens is 2. The summed E-state index contributed by atoms with van der Waals surface area (Å²) in [4.78, 5) is 46.4. The van der Waals surface area contributed by atoms with Gasteiger partial charge in [0.1, 0.15) is 59.7 Å². The fourth-order valence-electron chi connectivity index (χ4n) is 11.8. The number of amides is 2. The van der Waals surface area contributed by atoms with Crippen LogP contribution in [0.1, 0.15) is 92.7 Å². The number of benzene rings is 4. The molecule has 4 fully saturated rings. The normalized spacial score (nSPS) is 18.9. The SMILES string of the molecule is C#C[C@@H](OC)[C@@H](C)Oc1nc(N2C[C@@H]3C[C@H]2CN3)c2cc(C3CC3)c(-c3c(C)c(F)cc(N)c3C=[NH2+])c(OCc3ccc(-c4cn([C@H](C(=O)N5CCC[C@H]5C(=O)N/C(=C/O)c5ccc(-c6ccncc6F)cc5)C(C)C)nn4)cc3)c2n1. The maximum Gasteiger partial charge on any atom is 0.319 e. The molecule has 0 radical (unpaired) electrons. The van der Waals surface area contributed by atoms with Gasteiger partial charge in [0.05, 0.1) is 23.7 Å². The van der Waals surface area contributed by atoms with Crippen molar-refractivity contribution >= 4 is 46.1 Å². The zero-order valence-corrected chi connectivity index (χ0v) is 46.3. The van der Waals surface area contributed by atoms with E-state index in [-0.39, 0.29) is 47.8 Å². The van der Waals surface area contributed by atoms with Crippen molar-refractivity contribution in [2.75, 3.05) is 37.4 Å². The Morgan fingerprint density at radius 3 is 2.45 bits per heavy atom. The number of piperazine rings is 1. The molecule has 6 atom stereocenters. The number of anilines is 2. The molecule has 3 aliphatic heterocycles. The summed E-state index contributed by atoms with van der Waals surface area (Å²) in [5.74, 6) is 1.92. The van der Waals surface area contributed by atoms with E-state index >= 15 is 4.39 Å². The van der Waals surface area contributed by atoms with Crippen LogP contribution in [0.4, 0.5) is 20.3 Å². The van der Waals surface area contributed by atoms with Crippen molar-refractivity contribution < 1.29 is 43.1 Å². The number of methoxy groups -OCH3 is 1. The van der Waals surface area contributed by atoms with Crippen molar-refractivity contribution in [2.24, 2.45) is 5.92 Å². The summed E-state index contributed by atoms with van der Waals surface area (Å²) in [7, 11) is 1.52. The number of aliphatic hydroxyl groups excluding tert-OH is 1. The lowest BCUT2D eigenvalue weighted by Gasteiger charge is -2.31. The largest absolute Gasteiger partial charge is 0.513 e. The van der Waals surface area contributed by atoms with Gasteiger partial charge in [-0.25, -0.2) is 13.5 Å². The lowest BCUT2D eigenvalue weighted by molar-refractivity contribution is -0.142. The van der Waals surface area contributed by atoms with Crippen LogP contribution in [0.15, 0.2) is 91.6 Å². The standard InChI is InChI=1S/C62H64F2N12O6/c1-7-53(80-6)35(5)82-62-70-56-45(59(71-62)75-29-41-23-42(75)27-68-41)24-44(38-14-15-38)55(54-34(4)47(63)25-49(66)46(54)26-65)58(56)81-32-36-10-12-39(13-11-36)50-30-76(73-72-50)57(33(2)3)61(79)74-22-8-9-52(74)60(78)69-51(31-77)40-18-16-37(17-19-40)43-20-21-67-28-48(43)64/h1,10-13,16-21,24-26,28,30-31,33,35,38,41-42,52-53,57,65,68,77H,8-9,14-15,22-23,27,29,32,66H2,2-6H3,(H,69,78)/p+1/b51-31+,65-26?/t35-,41+,42+,52+,53-,57+/m1/s1. The van der Waals surface area contributed by atoms with Crippen LogP contribution in [0.25, 0.3) is 50.1 Å². The molecule has 2 bridgehead atoms. The number of terminal acetylenes is 1. The molecule has 4 aromatic carbocycles. The van der Waals surface area contributed by atoms with Gasteiger partial charge < -0.3 is 45.5 Å². The number of ether oxygens (including phenoxy) is 3. The number of rotatable bonds is 19. The quantitative estimate of drug-likeness (QED) is 0.0233. The predicted molar refractivity (Wildman–Crippen MR) is 307 cm³/mol. The lowest BCUT2D eigenvalue weighted by atomic mass is 9.87. The molecule has 0 unspecified atom stereocenters. The van der Waals surface area contributed by atoms with Crippen molar-refractivity contribution in [2.45, 2.75) is 109 Å². The van der Waals surface area contributed by atoms with Crippen molar-refractivity contribution in [1.29, 1.82) is 0 Å². The molecule has 422 valence electrons. The van der Waals surface area contributed by atoms with E-state index < -0.39 is 41.8 Å². The van der Waals surface area contributed by atoms with Crippen molar-refractivity contribution in [3.8, 4) is 57.6 Å². The lowest BCUT2D eigenvalue weighted by Crippen LogP contribution is -2.48. The first-order chi connectivity index (χ1) is 39.7. The summed E-state index contributed by atoms with van der Waals surface area (Å²) < 4.78 is 51.1. The summed E-state index contributed by atoms with van der Waals surface area (Å²) in [6.07, 6.45) is 14.9. The molecule has 20 heteroatoms. The number of likely N-dealkylation sites (tertiary alicyclic amines) is 1. The Bertz CT molecular complexity index is 3670. The van der Waals surface area contributed by atoms with E-state index in [0.717, 1.165) is 66.9 Å². The number of nitrogens with one attached hydrogen (secondary N) is 2. The third-order valence-corrected chi connectivity index (χ3v) is 16.2. The minimum absolute atomic E-state index is 0.0613. The topological polar surface area (TPSA) is 234 Å². The maximum absolute atomic E-state index is 16.0. The van der Waals surface area contributed by atoms with Crippen LogP contribution >= 0.6 is 0 Å². The number of carbonyl (C=O) groups is 2. The molecule has 7 N–H and O–H groups in total. The number of carbonyl (C=O) groups excluding carboxylic acids is 2. The van der Waals surface area contributed by atoms with Crippen LogP contribution in [-0.4, -0.2) is 115 Å². The molecule has 6 heterocycles. The fraction of sp³-hybridized carbons (Fsp3) is 0.355. The number of hydrogen-bond acceptors (Lipinski definition) is 14. The van der Waals surface area contributed by atoms with Crippen molar-refractivity contribution in [1.82, 2.24) is 45.5 Å². The van der Waals surface area contributed by atoms with Crippen LogP contribution in [-0.2, 0) is 20.9 Å². The van der Waals surface area contributed by atoms with Crippen LogP contribution in [0.3, 0.4) is 0 Å². The number of aliphatic hydroxyl groups is 1. The van der Waals surface area contributed by atoms with Gasteiger partial charge in [0.2, 0.25) is 11.8 Å². The van der Waals surface area contributed by atoms with Gasteiger partial charge in [-0.3, -0.25) is 20.0 Å². The van der Waals surface area contributed by atoms with Gasteiger partial charge >= 0.3 is 6.01 Å². The molecule has 2 amide bonds. The molecule has 18 nitrogen and oxygen atoms in total. The van der Waals surface area contributed by atoms with Crippen molar-refractivity contribution in [3.05, 3.63) is 131 Å². The minimum atomic E-state index is -0.817. The second-order valence-electron chi connectivity index (χ2n) is 21.9. The zero-order chi connectivity index (χ0) is 57.5. The summed E-state index contributed by atoms with van der Waals surface area (Å²) >= 11 is 0. The van der Waals surface area contributed by atoms with Crippen molar-refractivity contribution in [3.63, 3.8) is 0 Å². The Morgan fingerprint density at radius 2 is 1.79 bits per heavy atom.